The third kappa shape index (κ3) is 3.30. The van der Waals surface area contributed by atoms with Crippen LogP contribution in [0.1, 0.15) is 23.5 Å². The second-order valence-electron chi connectivity index (χ2n) is 5.44. The molecule has 2 aromatic carbocycles. The molecule has 6 nitrogen and oxygen atoms in total. The van der Waals surface area contributed by atoms with Gasteiger partial charge in [-0.1, -0.05) is 48.5 Å². The molecule has 0 fully saturated rings. The number of benzene rings is 2. The highest BCUT2D eigenvalue weighted by atomic mass is 14.9. The van der Waals surface area contributed by atoms with E-state index in [1.807, 2.05) is 48.5 Å². The molecule has 0 bridgehead atoms. The molecule has 0 amide bonds. The number of aromatic amines is 1. The van der Waals surface area contributed by atoms with Crippen molar-refractivity contribution in [2.24, 2.45) is 22.9 Å². The number of imidazole rings is 1. The predicted octanol–water partition coefficient (Wildman–Crippen LogP) is 1.58. The van der Waals surface area contributed by atoms with Crippen LogP contribution in [0, 0.1) is 0 Å². The lowest BCUT2D eigenvalue weighted by molar-refractivity contribution is 0.774. The van der Waals surface area contributed by atoms with Crippen molar-refractivity contribution >= 4 is 0 Å². The number of nitrogens with zero attached hydrogens (tertiary/aromatic N) is 1. The minimum Gasteiger partial charge on any atom is -0.338 e. The van der Waals surface area contributed by atoms with Gasteiger partial charge in [0.2, 0.25) is 0 Å². The van der Waals surface area contributed by atoms with Gasteiger partial charge in [0.15, 0.2) is 0 Å². The van der Waals surface area contributed by atoms with Gasteiger partial charge in [-0.15, -0.1) is 0 Å². The Balaban J connectivity index is 1.85. The van der Waals surface area contributed by atoms with Crippen molar-refractivity contribution in [2.45, 2.75) is 12.3 Å². The average Bonchev–Trinajstić information content (AvgIpc) is 3.05. The summed E-state index contributed by atoms with van der Waals surface area (Å²) >= 11 is 0. The van der Waals surface area contributed by atoms with Crippen LogP contribution in [0.4, 0.5) is 0 Å². The van der Waals surface area contributed by atoms with Gasteiger partial charge >= 0.3 is 0 Å². The Morgan fingerprint density at radius 3 is 1.65 bits per heavy atom. The molecule has 0 radical (unpaired) electrons. The Labute approximate surface area is 134 Å². The molecule has 3 rings (SSSR count). The molecule has 118 valence electrons. The summed E-state index contributed by atoms with van der Waals surface area (Å²) in [5, 5.41) is 0. The van der Waals surface area contributed by atoms with Crippen molar-refractivity contribution in [3.63, 3.8) is 0 Å². The number of H-pyrrole nitrogens is 1. The smallest absolute Gasteiger partial charge is 0.137 e. The summed E-state index contributed by atoms with van der Waals surface area (Å²) in [6.07, 6.45) is 0.868. The van der Waals surface area contributed by atoms with E-state index in [4.69, 9.17) is 22.9 Å². The maximum absolute atomic E-state index is 5.66. The lowest BCUT2D eigenvalue weighted by atomic mass is 10.1. The van der Waals surface area contributed by atoms with Gasteiger partial charge < -0.3 is 27.9 Å². The van der Waals surface area contributed by atoms with Crippen LogP contribution in [-0.4, -0.2) is 9.97 Å². The number of hydrogen-bond acceptors (Lipinski definition) is 5. The molecule has 6 heteroatoms. The molecule has 0 aliphatic carbocycles. The molecule has 0 aliphatic heterocycles. The zero-order valence-corrected chi connectivity index (χ0v) is 12.6. The fourth-order valence-corrected chi connectivity index (χ4v) is 2.36. The topological polar surface area (TPSA) is 133 Å². The average molecular weight is 308 g/mol. The molecule has 9 N–H and O–H groups in total. The molecule has 3 aromatic rings. The molecule has 0 spiro atoms. The van der Waals surface area contributed by atoms with Gasteiger partial charge in [-0.2, -0.15) is 0 Å². The van der Waals surface area contributed by atoms with Gasteiger partial charge in [0.05, 0.1) is 24.2 Å². The van der Waals surface area contributed by atoms with Crippen molar-refractivity contribution in [3.05, 3.63) is 65.9 Å². The molecular formula is C17H20N6. The van der Waals surface area contributed by atoms with Gasteiger partial charge in [0, 0.05) is 5.56 Å². The monoisotopic (exact) mass is 308 g/mol. The van der Waals surface area contributed by atoms with Crippen LogP contribution in [-0.2, 0) is 0 Å². The van der Waals surface area contributed by atoms with E-state index in [0.717, 1.165) is 33.8 Å². The molecule has 0 aliphatic rings. The Kier molecular flexibility index (Phi) is 4.22. The lowest BCUT2D eigenvalue weighted by Gasteiger charge is -2.06. The van der Waals surface area contributed by atoms with Gasteiger partial charge in [0.25, 0.3) is 0 Å². The molecule has 23 heavy (non-hydrogen) atoms. The highest BCUT2D eigenvalue weighted by molar-refractivity contribution is 5.64. The fourth-order valence-electron chi connectivity index (χ4n) is 2.36. The Hall–Kier alpha value is -2.51. The van der Waals surface area contributed by atoms with Crippen molar-refractivity contribution in [1.82, 2.24) is 9.97 Å². The highest BCUT2D eigenvalue weighted by Crippen LogP contribution is 2.23. The van der Waals surface area contributed by atoms with Crippen LogP contribution < -0.4 is 22.9 Å². The van der Waals surface area contributed by atoms with Gasteiger partial charge in [0.1, 0.15) is 5.82 Å². The van der Waals surface area contributed by atoms with Crippen LogP contribution in [0.5, 0.6) is 0 Å². The molecule has 0 unspecified atom stereocenters. The molecule has 1 heterocycles. The van der Waals surface area contributed by atoms with Crippen molar-refractivity contribution in [2.75, 3.05) is 0 Å². The molecule has 1 aromatic heterocycles. The van der Waals surface area contributed by atoms with Crippen molar-refractivity contribution < 1.29 is 0 Å². The van der Waals surface area contributed by atoms with Crippen LogP contribution in [0.3, 0.4) is 0 Å². The first-order valence-electron chi connectivity index (χ1n) is 7.32. The minimum absolute atomic E-state index is 0.464. The number of hydrogen-bond donors (Lipinski definition) is 5. The fraction of sp³-hybridized carbons (Fsp3) is 0.118. The Morgan fingerprint density at radius 1 is 0.696 bits per heavy atom. The molecule has 0 atom stereocenters. The van der Waals surface area contributed by atoms with E-state index in [9.17, 15) is 0 Å². The summed E-state index contributed by atoms with van der Waals surface area (Å²) in [4.78, 5) is 7.73. The van der Waals surface area contributed by atoms with Crippen molar-refractivity contribution in [3.8, 4) is 22.6 Å². The van der Waals surface area contributed by atoms with E-state index >= 15 is 0 Å². The summed E-state index contributed by atoms with van der Waals surface area (Å²) in [6, 6.07) is 15.5. The molecule has 0 saturated carbocycles. The number of nitrogens with two attached hydrogens (primary N) is 4. The Bertz CT molecular complexity index is 706. The van der Waals surface area contributed by atoms with Gasteiger partial charge in [-0.25, -0.2) is 4.98 Å². The minimum atomic E-state index is -0.469. The third-order valence-corrected chi connectivity index (χ3v) is 3.75. The summed E-state index contributed by atoms with van der Waals surface area (Å²) < 4.78 is 0. The summed E-state index contributed by atoms with van der Waals surface area (Å²) in [7, 11) is 0. The van der Waals surface area contributed by atoms with Gasteiger partial charge in [-0.3, -0.25) is 0 Å². The number of aromatic nitrogens is 2. The first-order valence-corrected chi connectivity index (χ1v) is 7.32. The van der Waals surface area contributed by atoms with Gasteiger partial charge in [-0.05, 0) is 16.7 Å². The number of nitrogens with one attached hydrogen (secondary N) is 1. The van der Waals surface area contributed by atoms with E-state index in [2.05, 4.69) is 9.97 Å². The predicted molar refractivity (Wildman–Crippen MR) is 91.7 cm³/mol. The second kappa shape index (κ2) is 6.31. The zero-order chi connectivity index (χ0) is 16.4. The van der Waals surface area contributed by atoms with Crippen molar-refractivity contribution in [1.29, 1.82) is 0 Å². The van der Waals surface area contributed by atoms with Crippen LogP contribution in [0.25, 0.3) is 22.6 Å². The molecular weight excluding hydrogens is 288 g/mol. The van der Waals surface area contributed by atoms with Crippen LogP contribution in [0.2, 0.25) is 0 Å². The quantitative estimate of drug-likeness (QED) is 0.467. The first-order chi connectivity index (χ1) is 11.0. The standard InChI is InChI=1S/C17H20N6/c18-15(19)11-3-1-10(2-4-11)14-9-22-17(23-14)13-7-5-12(6-8-13)16(20)21/h1-9,15-16H,18-21H2,(H,22,23). The van der Waals surface area contributed by atoms with E-state index in [0.29, 0.717) is 0 Å². The number of rotatable bonds is 4. The maximum atomic E-state index is 5.66. The lowest BCUT2D eigenvalue weighted by Crippen LogP contribution is -2.19. The van der Waals surface area contributed by atoms with Crippen LogP contribution >= 0.6 is 0 Å². The maximum Gasteiger partial charge on any atom is 0.137 e. The third-order valence-electron chi connectivity index (χ3n) is 3.75. The largest absolute Gasteiger partial charge is 0.338 e. The summed E-state index contributed by atoms with van der Waals surface area (Å²) in [5.41, 5.74) is 27.3. The SMILES string of the molecule is NC(N)c1ccc(-c2cnc(-c3ccc(C(N)N)cc3)[nH]2)cc1. The summed E-state index contributed by atoms with van der Waals surface area (Å²) in [5.74, 6) is 0.789. The Morgan fingerprint density at radius 2 is 1.17 bits per heavy atom. The summed E-state index contributed by atoms with van der Waals surface area (Å²) in [6.45, 7) is 0. The van der Waals surface area contributed by atoms with E-state index in [1.54, 1.807) is 6.20 Å². The second-order valence-corrected chi connectivity index (χ2v) is 5.44. The van der Waals surface area contributed by atoms with E-state index < -0.39 is 12.3 Å². The zero-order valence-electron chi connectivity index (χ0n) is 12.6. The van der Waals surface area contributed by atoms with E-state index in [1.165, 1.54) is 0 Å². The highest BCUT2D eigenvalue weighted by Gasteiger charge is 2.07. The van der Waals surface area contributed by atoms with E-state index in [-0.39, 0.29) is 0 Å². The molecule has 0 saturated heterocycles. The normalized spacial score (nSPS) is 11.4. The first kappa shape index (κ1) is 15.4. The van der Waals surface area contributed by atoms with Crippen LogP contribution in [0.15, 0.2) is 54.7 Å².